The number of ketones is 3. The van der Waals surface area contributed by atoms with Gasteiger partial charge in [-0.05, 0) is 157 Å². The van der Waals surface area contributed by atoms with Crippen LogP contribution in [0.4, 0.5) is 26.3 Å². The monoisotopic (exact) mass is 1520 g/mol. The average Bonchev–Trinajstić information content (AvgIpc) is 1.76. The Labute approximate surface area is 625 Å². The number of ether oxygens (including phenoxy) is 3. The third kappa shape index (κ3) is 22.7. The Morgan fingerprint density at radius 2 is 0.895 bits per heavy atom. The number of hydrogen-bond donors (Lipinski definition) is 0. The maximum atomic E-state index is 13.1. The number of halogens is 6. The van der Waals surface area contributed by atoms with E-state index in [4.69, 9.17) is 18.6 Å². The van der Waals surface area contributed by atoms with Crippen molar-refractivity contribution < 1.29 is 59.4 Å². The van der Waals surface area contributed by atoms with Crippen molar-refractivity contribution in [3.8, 4) is 15.6 Å². The highest BCUT2D eigenvalue weighted by atomic mass is 32.1. The first-order chi connectivity index (χ1) is 50.5. The molecule has 0 unspecified atom stereocenters. The van der Waals surface area contributed by atoms with E-state index in [1.165, 1.54) is 96.6 Å². The molecule has 0 spiro atoms. The number of alkyl halides is 6. The van der Waals surface area contributed by atoms with Crippen LogP contribution in [0.2, 0.25) is 0 Å². The fourth-order valence-electron chi connectivity index (χ4n) is 17.1. The molecule has 0 radical (unpaired) electrons. The molecule has 105 heavy (non-hydrogen) atoms. The highest BCUT2D eigenvalue weighted by molar-refractivity contribution is 7.14. The lowest BCUT2D eigenvalue weighted by atomic mass is 9.78. The lowest BCUT2D eigenvalue weighted by Crippen LogP contribution is -2.43. The van der Waals surface area contributed by atoms with Gasteiger partial charge < -0.3 is 33.3 Å². The molecule has 6 aromatic heterocycles. The van der Waals surface area contributed by atoms with E-state index in [-0.39, 0.29) is 74.8 Å². The maximum absolute atomic E-state index is 13.1. The van der Waals surface area contributed by atoms with Gasteiger partial charge in [0.15, 0.2) is 5.78 Å². The molecule has 6 saturated carbocycles. The topological polar surface area (TPSA) is 197 Å². The molecule has 9 aliphatic rings. The molecule has 6 aromatic rings. The normalized spacial score (nSPS) is 25.0. The van der Waals surface area contributed by atoms with E-state index in [0.29, 0.717) is 76.6 Å². The quantitative estimate of drug-likeness (QED) is 0.0367. The van der Waals surface area contributed by atoms with E-state index in [9.17, 15) is 40.7 Å². The van der Waals surface area contributed by atoms with Gasteiger partial charge in [-0.25, -0.2) is 41.3 Å². The van der Waals surface area contributed by atoms with Crippen LogP contribution in [0.5, 0.6) is 15.6 Å². The summed E-state index contributed by atoms with van der Waals surface area (Å²) in [6.45, 7) is 13.0. The highest BCUT2D eigenvalue weighted by Gasteiger charge is 2.49. The molecule has 0 saturated heterocycles. The van der Waals surface area contributed by atoms with E-state index >= 15 is 0 Å². The summed E-state index contributed by atoms with van der Waals surface area (Å²) in [7, 11) is 1.88. The first-order valence-electron chi connectivity index (χ1n) is 39.0. The number of aryl methyl sites for hydroxylation is 3. The number of nitrogens with zero attached hydrogens (tertiary/aromatic N) is 11. The Morgan fingerprint density at radius 1 is 0.514 bits per heavy atom. The lowest BCUT2D eigenvalue weighted by Gasteiger charge is -2.33. The first-order valence-corrected chi connectivity index (χ1v) is 41.4. The van der Waals surface area contributed by atoms with Gasteiger partial charge in [-0.2, -0.15) is 5.10 Å². The van der Waals surface area contributed by atoms with Crippen molar-refractivity contribution in [2.24, 2.45) is 42.6 Å². The zero-order valence-electron chi connectivity index (χ0n) is 61.3. The van der Waals surface area contributed by atoms with Crippen LogP contribution in [-0.4, -0.2) is 167 Å². The minimum absolute atomic E-state index is 0.186. The van der Waals surface area contributed by atoms with Gasteiger partial charge in [0.2, 0.25) is 11.8 Å². The molecule has 0 bridgehead atoms. The summed E-state index contributed by atoms with van der Waals surface area (Å²) in [6, 6.07) is 3.75. The predicted molar refractivity (Wildman–Crippen MR) is 391 cm³/mol. The van der Waals surface area contributed by atoms with E-state index in [1.807, 2.05) is 32.3 Å². The van der Waals surface area contributed by atoms with Crippen molar-refractivity contribution in [1.29, 1.82) is 0 Å². The molecule has 0 aromatic carbocycles. The number of rotatable bonds is 26. The molecule has 18 nitrogen and oxygen atoms in total. The zero-order valence-corrected chi connectivity index (χ0v) is 63.8. The molecule has 6 aliphatic carbocycles. The Bertz CT molecular complexity index is 3580. The van der Waals surface area contributed by atoms with Crippen molar-refractivity contribution in [2.75, 3.05) is 58.9 Å². The number of carbonyl (C=O) groups is 3. The fraction of sp³-hybridized carbons (Fsp3) is 0.718. The minimum Gasteiger partial charge on any atom is -0.466 e. The van der Waals surface area contributed by atoms with Crippen molar-refractivity contribution in [3.05, 3.63) is 91.0 Å². The van der Waals surface area contributed by atoms with Gasteiger partial charge >= 0.3 is 0 Å². The number of aromatic nitrogens is 8. The van der Waals surface area contributed by atoms with E-state index in [0.717, 1.165) is 175 Å². The third-order valence-electron chi connectivity index (χ3n) is 23.5. The van der Waals surface area contributed by atoms with Crippen LogP contribution in [0.15, 0.2) is 35.1 Å². The molecule has 15 rings (SSSR count). The molecule has 0 N–H and O–H groups in total. The SMILES string of the molecule is Cc1ncccc1C(=O)CC1CCC(CCN2CCc3nc(OC4CC(F)(F)C4)sc3CC2)CC1.Cc1nnc(CC(=O)CC2CCC(CCN3CCc4nc(OC5CC(F)(F)C5)sc4CC3)CC2)o1.Cn1cc(CC(=O)CC2CCC(CCN3CCc4nc(OC5CC(F)(F)C5)sc4CC3)CC2)cn1. The third-order valence-corrected chi connectivity index (χ3v) is 26.7. The molecule has 6 fully saturated rings. The van der Waals surface area contributed by atoms with Crippen molar-refractivity contribution >= 4 is 51.4 Å². The number of carbonyl (C=O) groups excluding carboxylic acids is 3. The Kier molecular flexibility index (Phi) is 26.0. The van der Waals surface area contributed by atoms with Gasteiger partial charge in [0, 0.05) is 175 Å². The largest absolute Gasteiger partial charge is 0.466 e. The number of pyridine rings is 1. The van der Waals surface area contributed by atoms with Crippen LogP contribution in [0.25, 0.3) is 0 Å². The smallest absolute Gasteiger partial charge is 0.273 e. The van der Waals surface area contributed by atoms with Crippen LogP contribution in [0.3, 0.4) is 0 Å². The van der Waals surface area contributed by atoms with Crippen LogP contribution < -0.4 is 14.2 Å². The molecule has 574 valence electrons. The van der Waals surface area contributed by atoms with Gasteiger partial charge in [0.05, 0.1) is 29.7 Å². The van der Waals surface area contributed by atoms with Crippen molar-refractivity contribution in [2.45, 2.75) is 255 Å². The number of Topliss-reactive ketones (excluding diaryl/α,β-unsaturated/α-hetero) is 3. The summed E-state index contributed by atoms with van der Waals surface area (Å²) in [6.07, 6.45) is 29.3. The van der Waals surface area contributed by atoms with E-state index in [1.54, 1.807) is 46.7 Å². The Morgan fingerprint density at radius 3 is 1.26 bits per heavy atom. The number of thiazole rings is 3. The second-order valence-corrected chi connectivity index (χ2v) is 35.1. The second kappa shape index (κ2) is 35.3. The highest BCUT2D eigenvalue weighted by Crippen LogP contribution is 2.45. The van der Waals surface area contributed by atoms with Crippen molar-refractivity contribution in [3.63, 3.8) is 0 Å². The Hall–Kier alpha value is -5.74. The summed E-state index contributed by atoms with van der Waals surface area (Å²) >= 11 is 4.62. The van der Waals surface area contributed by atoms with Crippen LogP contribution in [0.1, 0.15) is 219 Å². The summed E-state index contributed by atoms with van der Waals surface area (Å²) in [5, 5.41) is 13.6. The molecule has 27 heteroatoms. The molecular formula is C78H105F6N11O7S3. The molecule has 0 atom stereocenters. The fourth-order valence-corrected chi connectivity index (χ4v) is 20.1. The summed E-state index contributed by atoms with van der Waals surface area (Å²) in [5.74, 6) is -2.22. The van der Waals surface area contributed by atoms with Gasteiger partial charge in [-0.3, -0.25) is 24.0 Å². The van der Waals surface area contributed by atoms with Gasteiger partial charge in [-0.1, -0.05) is 72.5 Å². The van der Waals surface area contributed by atoms with Crippen LogP contribution >= 0.6 is 34.0 Å². The van der Waals surface area contributed by atoms with E-state index in [2.05, 4.69) is 49.9 Å². The van der Waals surface area contributed by atoms with Gasteiger partial charge in [0.25, 0.3) is 33.3 Å². The average molecular weight is 1520 g/mol. The Balaban J connectivity index is 0.000000140. The number of fused-ring (bicyclic) bond motifs is 3. The predicted octanol–water partition coefficient (Wildman–Crippen LogP) is 15.6. The molecular weight excluding hydrogens is 1410 g/mol. The zero-order chi connectivity index (χ0) is 73.2. The van der Waals surface area contributed by atoms with Crippen LogP contribution in [0, 0.1) is 49.4 Å². The molecule has 9 heterocycles. The minimum atomic E-state index is -2.56. The van der Waals surface area contributed by atoms with Crippen LogP contribution in [-0.2, 0) is 68.0 Å². The summed E-state index contributed by atoms with van der Waals surface area (Å²) in [4.78, 5) is 66.9. The lowest BCUT2D eigenvalue weighted by molar-refractivity contribution is -0.135. The molecule has 0 amide bonds. The van der Waals surface area contributed by atoms with Crippen molar-refractivity contribution in [1.82, 2.24) is 54.6 Å². The van der Waals surface area contributed by atoms with Gasteiger partial charge in [-0.15, -0.1) is 10.2 Å². The summed E-state index contributed by atoms with van der Waals surface area (Å²) in [5.41, 5.74) is 5.89. The number of hydrogen-bond acceptors (Lipinski definition) is 20. The van der Waals surface area contributed by atoms with E-state index < -0.39 is 17.8 Å². The second-order valence-electron chi connectivity index (χ2n) is 32.0. The molecule has 3 aliphatic heterocycles. The maximum Gasteiger partial charge on any atom is 0.273 e. The standard InChI is InChI=1S/C27H35F2N3O2S.C26H36F2N4O2S.C25H34F2N4O3S/c1-18-22(3-2-11-30-18)24(33)15-20-6-4-19(5-7-20)8-12-32-13-9-23-25(10-14-32)35-26(31-23)34-21-16-27(28,29)17-21;1-31-17-20(16-29-31)13-21(33)12-19-4-2-18(3-5-19)6-9-32-10-7-23-24(8-11-32)35-25(30-23)34-22-14-26(27,28)15-22;1-16-29-30-23(33-16)13-19(32)12-18-4-2-17(3-5-18)6-9-31-10-7-21-22(8-11-31)35-24(28-21)34-20-14-25(26,27)15-20/h2-3,11,19-21H,4-10,12-17H2,1H3;16-19,22H,2-15H2,1H3;17-18,20H,2-15H2,1H3. The first kappa shape index (κ1) is 77.4. The van der Waals surface area contributed by atoms with Gasteiger partial charge in [0.1, 0.15) is 29.9 Å². The summed E-state index contributed by atoms with van der Waals surface area (Å²) < 4.78 is 102.